The third-order valence-corrected chi connectivity index (χ3v) is 3.89. The largest absolute Gasteiger partial charge is 0.460 e. The highest BCUT2D eigenvalue weighted by Crippen LogP contribution is 2.26. The van der Waals surface area contributed by atoms with Crippen LogP contribution in [0.25, 0.3) is 0 Å². The number of ketones is 2. The Labute approximate surface area is 138 Å². The van der Waals surface area contributed by atoms with Crippen molar-refractivity contribution in [2.75, 3.05) is 11.9 Å². The molecule has 0 aliphatic rings. The Morgan fingerprint density at radius 3 is 2.35 bits per heavy atom. The van der Waals surface area contributed by atoms with Gasteiger partial charge in [-0.1, -0.05) is 32.1 Å². The fourth-order valence-electron chi connectivity index (χ4n) is 1.50. The first-order valence-electron chi connectivity index (χ1n) is 7.08. The van der Waals surface area contributed by atoms with Gasteiger partial charge < -0.3 is 10.1 Å². The van der Waals surface area contributed by atoms with Crippen LogP contribution in [-0.2, 0) is 19.1 Å². The summed E-state index contributed by atoms with van der Waals surface area (Å²) < 4.78 is 4.56. The monoisotopic (exact) mass is 340 g/mol. The summed E-state index contributed by atoms with van der Waals surface area (Å²) in [5.74, 6) is -2.67. The lowest BCUT2D eigenvalue weighted by Crippen LogP contribution is -2.27. The van der Waals surface area contributed by atoms with Crippen molar-refractivity contribution < 1.29 is 23.9 Å². The number of aryl methyl sites for hydroxylation is 1. The second-order valence-electron chi connectivity index (χ2n) is 5.88. The van der Waals surface area contributed by atoms with Crippen LogP contribution >= 0.6 is 11.3 Å². The number of esters is 1. The maximum Gasteiger partial charge on any atom is 0.375 e. The van der Waals surface area contributed by atoms with Crippen LogP contribution in [0.4, 0.5) is 5.13 Å². The molecule has 1 aromatic rings. The van der Waals surface area contributed by atoms with E-state index in [-0.39, 0.29) is 22.5 Å². The normalized spacial score (nSPS) is 11.0. The standard InChI is InChI=1S/C15H20N2O5S/c1-6-22-12(20)10(19)7-9(18)11-8(2)16-14(23-11)17-13(21)15(3,4)5/h6-7H2,1-5H3,(H,16,17,21). The lowest BCUT2D eigenvalue weighted by molar-refractivity contribution is -0.153. The molecule has 0 saturated heterocycles. The molecule has 1 rings (SSSR count). The molecular formula is C15H20N2O5S. The van der Waals surface area contributed by atoms with Crippen LogP contribution in [0.5, 0.6) is 0 Å². The van der Waals surface area contributed by atoms with Crippen LogP contribution in [0.1, 0.15) is 49.5 Å². The number of amides is 1. The Hall–Kier alpha value is -2.09. The van der Waals surface area contributed by atoms with Crippen molar-refractivity contribution in [1.29, 1.82) is 0 Å². The van der Waals surface area contributed by atoms with E-state index in [4.69, 9.17) is 0 Å². The quantitative estimate of drug-likeness (QED) is 0.368. The third-order valence-electron chi connectivity index (χ3n) is 2.78. The molecule has 0 bridgehead atoms. The molecule has 0 saturated carbocycles. The van der Waals surface area contributed by atoms with E-state index in [9.17, 15) is 19.2 Å². The molecule has 8 heteroatoms. The summed E-state index contributed by atoms with van der Waals surface area (Å²) in [5, 5.41) is 2.92. The molecule has 0 atom stereocenters. The van der Waals surface area contributed by atoms with Gasteiger partial charge >= 0.3 is 5.97 Å². The molecule has 0 unspecified atom stereocenters. The van der Waals surface area contributed by atoms with Crippen molar-refractivity contribution in [3.63, 3.8) is 0 Å². The number of carbonyl (C=O) groups excluding carboxylic acids is 4. The van der Waals surface area contributed by atoms with Crippen molar-refractivity contribution >= 4 is 39.9 Å². The predicted octanol–water partition coefficient (Wildman–Crippen LogP) is 2.14. The lowest BCUT2D eigenvalue weighted by atomic mass is 9.96. The predicted molar refractivity (Wildman–Crippen MR) is 85.5 cm³/mol. The van der Waals surface area contributed by atoms with Crippen molar-refractivity contribution in [2.45, 2.75) is 41.0 Å². The Kier molecular flexibility index (Phi) is 6.14. The number of carbonyl (C=O) groups is 4. The Bertz CT molecular complexity index is 643. The van der Waals surface area contributed by atoms with Crippen LogP contribution in [-0.4, -0.2) is 35.0 Å². The number of aromatic nitrogens is 1. The first-order valence-corrected chi connectivity index (χ1v) is 7.90. The van der Waals surface area contributed by atoms with Crippen molar-refractivity contribution in [2.24, 2.45) is 5.41 Å². The van der Waals surface area contributed by atoms with E-state index in [2.05, 4.69) is 15.0 Å². The zero-order valence-electron chi connectivity index (χ0n) is 13.8. The summed E-state index contributed by atoms with van der Waals surface area (Å²) in [6.45, 7) is 8.52. The lowest BCUT2D eigenvalue weighted by Gasteiger charge is -2.15. The second-order valence-corrected chi connectivity index (χ2v) is 6.88. The van der Waals surface area contributed by atoms with Crippen LogP contribution in [0.2, 0.25) is 0 Å². The highest BCUT2D eigenvalue weighted by Gasteiger charge is 2.26. The molecule has 0 radical (unpaired) electrons. The summed E-state index contributed by atoms with van der Waals surface area (Å²) in [6.07, 6.45) is -0.575. The number of Topliss-reactive ketones (excluding diaryl/α,β-unsaturated/α-hetero) is 2. The summed E-state index contributed by atoms with van der Waals surface area (Å²) in [4.78, 5) is 51.2. The number of thiazole rings is 1. The molecule has 0 aromatic carbocycles. The fourth-order valence-corrected chi connectivity index (χ4v) is 2.40. The smallest absolute Gasteiger partial charge is 0.375 e. The van der Waals surface area contributed by atoms with E-state index < -0.39 is 29.4 Å². The minimum atomic E-state index is -1.02. The fraction of sp³-hybridized carbons (Fsp3) is 0.533. The zero-order chi connectivity index (χ0) is 17.8. The zero-order valence-corrected chi connectivity index (χ0v) is 14.6. The van der Waals surface area contributed by atoms with Gasteiger partial charge in [-0.3, -0.25) is 14.4 Å². The average Bonchev–Trinajstić information content (AvgIpc) is 2.78. The highest BCUT2D eigenvalue weighted by atomic mass is 32.1. The molecule has 0 aliphatic heterocycles. The number of ether oxygens (including phenoxy) is 1. The van der Waals surface area contributed by atoms with Crippen LogP contribution < -0.4 is 5.32 Å². The van der Waals surface area contributed by atoms with Crippen molar-refractivity contribution in [3.05, 3.63) is 10.6 Å². The highest BCUT2D eigenvalue weighted by molar-refractivity contribution is 7.17. The molecule has 0 aliphatic carbocycles. The van der Waals surface area contributed by atoms with Gasteiger partial charge in [-0.15, -0.1) is 0 Å². The molecule has 23 heavy (non-hydrogen) atoms. The topological polar surface area (TPSA) is 102 Å². The van der Waals surface area contributed by atoms with E-state index in [0.29, 0.717) is 5.69 Å². The maximum atomic E-state index is 12.1. The molecular weight excluding hydrogens is 320 g/mol. The van der Waals surface area contributed by atoms with Gasteiger partial charge in [0, 0.05) is 5.41 Å². The van der Waals surface area contributed by atoms with Crippen LogP contribution in [0.3, 0.4) is 0 Å². The first-order chi connectivity index (χ1) is 10.6. The number of nitrogens with one attached hydrogen (secondary N) is 1. The Morgan fingerprint density at radius 1 is 1.22 bits per heavy atom. The van der Waals surface area contributed by atoms with E-state index in [1.165, 1.54) is 0 Å². The Balaban J connectivity index is 2.82. The van der Waals surface area contributed by atoms with Gasteiger partial charge in [0.25, 0.3) is 0 Å². The van der Waals surface area contributed by atoms with E-state index in [1.807, 2.05) is 0 Å². The number of hydrogen-bond donors (Lipinski definition) is 1. The van der Waals surface area contributed by atoms with Gasteiger partial charge in [-0.2, -0.15) is 0 Å². The van der Waals surface area contributed by atoms with Gasteiger partial charge in [-0.05, 0) is 13.8 Å². The molecule has 1 N–H and O–H groups in total. The number of hydrogen-bond acceptors (Lipinski definition) is 7. The third kappa shape index (κ3) is 5.24. The summed E-state index contributed by atoms with van der Waals surface area (Å²) in [5.41, 5.74) is -0.190. The maximum absolute atomic E-state index is 12.1. The SMILES string of the molecule is CCOC(=O)C(=O)CC(=O)c1sc(NC(=O)C(C)(C)C)nc1C. The second kappa shape index (κ2) is 7.45. The van der Waals surface area contributed by atoms with Crippen LogP contribution in [0.15, 0.2) is 0 Å². The molecule has 1 aromatic heterocycles. The number of anilines is 1. The van der Waals surface area contributed by atoms with Gasteiger partial charge in [0.05, 0.1) is 23.6 Å². The van der Waals surface area contributed by atoms with Gasteiger partial charge in [-0.25, -0.2) is 9.78 Å². The molecule has 1 amide bonds. The van der Waals surface area contributed by atoms with E-state index in [1.54, 1.807) is 34.6 Å². The van der Waals surface area contributed by atoms with Crippen LogP contribution in [0, 0.1) is 12.3 Å². The van der Waals surface area contributed by atoms with E-state index >= 15 is 0 Å². The Morgan fingerprint density at radius 2 is 1.83 bits per heavy atom. The summed E-state index contributed by atoms with van der Waals surface area (Å²) >= 11 is 0.982. The minimum Gasteiger partial charge on any atom is -0.460 e. The van der Waals surface area contributed by atoms with Gasteiger partial charge in [0.1, 0.15) is 0 Å². The number of nitrogens with zero attached hydrogens (tertiary/aromatic N) is 1. The van der Waals surface area contributed by atoms with E-state index in [0.717, 1.165) is 11.3 Å². The summed E-state index contributed by atoms with van der Waals surface area (Å²) in [6, 6.07) is 0. The average molecular weight is 340 g/mol. The molecule has 7 nitrogen and oxygen atoms in total. The van der Waals surface area contributed by atoms with Gasteiger partial charge in [0.15, 0.2) is 10.9 Å². The van der Waals surface area contributed by atoms with Crippen molar-refractivity contribution in [3.8, 4) is 0 Å². The van der Waals surface area contributed by atoms with Gasteiger partial charge in [0.2, 0.25) is 11.7 Å². The first kappa shape index (κ1) is 19.0. The van der Waals surface area contributed by atoms with Crippen molar-refractivity contribution in [1.82, 2.24) is 4.98 Å². The minimum absolute atomic E-state index is 0.0708. The molecule has 1 heterocycles. The molecule has 126 valence electrons. The molecule has 0 fully saturated rings. The number of rotatable bonds is 6. The molecule has 0 spiro atoms. The summed E-state index contributed by atoms with van der Waals surface area (Å²) in [7, 11) is 0.